The van der Waals surface area contributed by atoms with E-state index in [2.05, 4.69) is 16.0 Å². The molecule has 0 saturated heterocycles. The van der Waals surface area contributed by atoms with Gasteiger partial charge >= 0.3 is 13.8 Å². The van der Waals surface area contributed by atoms with Crippen LogP contribution in [0.3, 0.4) is 0 Å². The first-order valence-corrected chi connectivity index (χ1v) is 8.05. The first-order valence-electron chi connectivity index (χ1n) is 6.56. The van der Waals surface area contributed by atoms with Gasteiger partial charge in [0.25, 0.3) is 0 Å². The van der Waals surface area contributed by atoms with Gasteiger partial charge in [0.15, 0.2) is 0 Å². The van der Waals surface area contributed by atoms with Crippen molar-refractivity contribution in [2.75, 3.05) is 20.3 Å². The molecule has 1 aromatic rings. The van der Waals surface area contributed by atoms with Gasteiger partial charge in [-0.15, -0.1) is 6.07 Å². The Morgan fingerprint density at radius 1 is 1.22 bits per heavy atom. The van der Waals surface area contributed by atoms with Crippen molar-refractivity contribution in [3.8, 4) is 11.5 Å². The summed E-state index contributed by atoms with van der Waals surface area (Å²) in [6.07, 6.45) is 0. The molecule has 0 aliphatic carbocycles. The zero-order valence-corrected chi connectivity index (χ0v) is 17.8. The van der Waals surface area contributed by atoms with Crippen LogP contribution in [0.25, 0.3) is 0 Å². The van der Waals surface area contributed by atoms with Crippen molar-refractivity contribution >= 4 is 13.8 Å². The van der Waals surface area contributed by atoms with E-state index in [0.717, 1.165) is 5.56 Å². The average molecular weight is 399 g/mol. The van der Waals surface area contributed by atoms with Crippen molar-refractivity contribution in [3.05, 3.63) is 30.7 Å². The fourth-order valence-electron chi connectivity index (χ4n) is 1.31. The summed E-state index contributed by atoms with van der Waals surface area (Å²) in [5.41, 5.74) is 0.813. The van der Waals surface area contributed by atoms with Crippen LogP contribution in [0.15, 0.2) is 18.2 Å². The van der Waals surface area contributed by atoms with Crippen LogP contribution in [-0.2, 0) is 37.9 Å². The van der Waals surface area contributed by atoms with E-state index in [1.807, 2.05) is 0 Å². The monoisotopic (exact) mass is 397 g/mol. The minimum atomic E-state index is -3.69. The number of rotatable bonds is 6. The fraction of sp³-hybridized carbons (Fsp3) is 0.429. The second-order valence-electron chi connectivity index (χ2n) is 3.88. The predicted molar refractivity (Wildman–Crippen MR) is 81.8 cm³/mol. The standard InChI is InChI=1S/C10H11O3.C4H11O4P.Zn/c1-7-4-5-9(13-8(2)11)10(6-7)12-3;1-3-7-9(5,6)8-4-2;/h4-6H,1H2,2-3H3;3-4H2,1-2H3,(H,5,6);/q-1;;. The number of hydrogen-bond acceptors (Lipinski definition) is 6. The second kappa shape index (κ2) is 12.5. The molecular weight excluding hydrogens is 377 g/mol. The summed E-state index contributed by atoms with van der Waals surface area (Å²) in [6.45, 7) is 8.70. The van der Waals surface area contributed by atoms with E-state index in [9.17, 15) is 9.36 Å². The Labute approximate surface area is 149 Å². The Bertz CT molecular complexity index is 512. The van der Waals surface area contributed by atoms with Gasteiger partial charge in [0.1, 0.15) is 11.5 Å². The van der Waals surface area contributed by atoms with Crippen LogP contribution >= 0.6 is 7.82 Å². The molecule has 0 radical (unpaired) electrons. The molecule has 1 rings (SSSR count). The molecule has 0 bridgehead atoms. The van der Waals surface area contributed by atoms with E-state index in [4.69, 9.17) is 14.4 Å². The molecular formula is C14H22O7PZn-. The van der Waals surface area contributed by atoms with Gasteiger partial charge in [-0.05, 0) is 13.8 Å². The van der Waals surface area contributed by atoms with E-state index >= 15 is 0 Å². The third kappa shape index (κ3) is 11.3. The topological polar surface area (TPSA) is 91.3 Å². The van der Waals surface area contributed by atoms with Gasteiger partial charge in [-0.3, -0.25) is 13.8 Å². The van der Waals surface area contributed by atoms with Crippen molar-refractivity contribution < 1.29 is 52.3 Å². The van der Waals surface area contributed by atoms with Gasteiger partial charge in [0, 0.05) is 26.4 Å². The summed E-state index contributed by atoms with van der Waals surface area (Å²) in [7, 11) is -2.18. The van der Waals surface area contributed by atoms with Crippen LogP contribution in [0.1, 0.15) is 26.3 Å². The maximum absolute atomic E-state index is 10.7. The number of phosphoric ester groups is 1. The van der Waals surface area contributed by atoms with Gasteiger partial charge in [0.2, 0.25) is 0 Å². The third-order valence-electron chi connectivity index (χ3n) is 2.07. The summed E-state index contributed by atoms with van der Waals surface area (Å²) in [5, 5.41) is 0. The van der Waals surface area contributed by atoms with Crippen LogP contribution in [0.2, 0.25) is 0 Å². The van der Waals surface area contributed by atoms with Gasteiger partial charge in [-0.2, -0.15) is 18.6 Å². The van der Waals surface area contributed by atoms with Crippen molar-refractivity contribution in [1.29, 1.82) is 0 Å². The molecule has 0 heterocycles. The number of benzene rings is 1. The molecule has 0 fully saturated rings. The predicted octanol–water partition coefficient (Wildman–Crippen LogP) is 2.96. The van der Waals surface area contributed by atoms with Gasteiger partial charge < -0.3 is 14.4 Å². The molecule has 1 N–H and O–H groups in total. The molecule has 0 aromatic heterocycles. The van der Waals surface area contributed by atoms with E-state index in [1.165, 1.54) is 14.0 Å². The zero-order valence-electron chi connectivity index (χ0n) is 13.9. The number of methoxy groups -OCH3 is 1. The summed E-state index contributed by atoms with van der Waals surface area (Å²) in [6, 6.07) is 5.11. The maximum atomic E-state index is 10.7. The first-order chi connectivity index (χ1) is 10.3. The Morgan fingerprint density at radius 3 is 2.13 bits per heavy atom. The molecule has 0 aliphatic heterocycles. The second-order valence-corrected chi connectivity index (χ2v) is 5.34. The molecule has 1 aromatic carbocycles. The van der Waals surface area contributed by atoms with E-state index < -0.39 is 7.82 Å². The van der Waals surface area contributed by atoms with E-state index in [0.29, 0.717) is 11.5 Å². The normalized spacial score (nSPS) is 9.96. The third-order valence-corrected chi connectivity index (χ3v) is 3.24. The fourth-order valence-corrected chi connectivity index (χ4v) is 2.04. The molecule has 0 unspecified atom stereocenters. The molecule has 0 saturated carbocycles. The average Bonchev–Trinajstić information content (AvgIpc) is 2.40. The number of hydrogen-bond donors (Lipinski definition) is 1. The van der Waals surface area contributed by atoms with Crippen LogP contribution < -0.4 is 9.47 Å². The molecule has 23 heavy (non-hydrogen) atoms. The Morgan fingerprint density at radius 2 is 1.74 bits per heavy atom. The van der Waals surface area contributed by atoms with Crippen molar-refractivity contribution in [2.24, 2.45) is 0 Å². The first kappa shape index (κ1) is 24.3. The number of carbonyl (C=O) groups excluding carboxylic acids is 1. The van der Waals surface area contributed by atoms with Crippen molar-refractivity contribution in [3.63, 3.8) is 0 Å². The van der Waals surface area contributed by atoms with Crippen molar-refractivity contribution in [2.45, 2.75) is 20.8 Å². The van der Waals surface area contributed by atoms with Gasteiger partial charge in [-0.1, -0.05) is 6.07 Å². The molecule has 0 aliphatic rings. The molecule has 7 nitrogen and oxygen atoms in total. The molecule has 0 atom stereocenters. The summed E-state index contributed by atoms with van der Waals surface area (Å²) in [5.74, 6) is 0.570. The number of carbonyl (C=O) groups is 1. The van der Waals surface area contributed by atoms with Crippen LogP contribution in [0, 0.1) is 6.92 Å². The zero-order chi connectivity index (χ0) is 17.2. The Hall–Kier alpha value is -0.907. The van der Waals surface area contributed by atoms with Gasteiger partial charge in [0.05, 0.1) is 20.3 Å². The minimum absolute atomic E-state index is 0. The smallest absolute Gasteiger partial charge is 0.472 e. The largest absolute Gasteiger partial charge is 0.506 e. The SMILES string of the molecule is CCOP(=O)(O)OCC.[CH2-]c1ccc(OC(C)=O)c(OC)c1.[Zn]. The van der Waals surface area contributed by atoms with Crippen LogP contribution in [-0.4, -0.2) is 31.2 Å². The summed E-state index contributed by atoms with van der Waals surface area (Å²) in [4.78, 5) is 19.3. The van der Waals surface area contributed by atoms with Crippen LogP contribution in [0.5, 0.6) is 11.5 Å². The van der Waals surface area contributed by atoms with Gasteiger partial charge in [-0.25, -0.2) is 4.57 Å². The van der Waals surface area contributed by atoms with E-state index in [-0.39, 0.29) is 38.7 Å². The van der Waals surface area contributed by atoms with Crippen LogP contribution in [0.4, 0.5) is 0 Å². The molecule has 0 amide bonds. The summed E-state index contributed by atoms with van der Waals surface area (Å²) >= 11 is 0. The number of esters is 1. The molecule has 128 valence electrons. The van der Waals surface area contributed by atoms with Crippen molar-refractivity contribution in [1.82, 2.24) is 0 Å². The quantitative estimate of drug-likeness (QED) is 0.259. The Balaban J connectivity index is 0. The molecule has 9 heteroatoms. The Kier molecular flexibility index (Phi) is 13.2. The van der Waals surface area contributed by atoms with E-state index in [1.54, 1.807) is 32.0 Å². The number of ether oxygens (including phenoxy) is 2. The number of phosphoric acid groups is 1. The minimum Gasteiger partial charge on any atom is -0.506 e. The molecule has 0 spiro atoms. The maximum Gasteiger partial charge on any atom is 0.472 e. The summed E-state index contributed by atoms with van der Waals surface area (Å²) < 4.78 is 29.2.